The van der Waals surface area contributed by atoms with Crippen LogP contribution in [-0.4, -0.2) is 36.8 Å². The van der Waals surface area contributed by atoms with Crippen molar-refractivity contribution in [2.45, 2.75) is 19.9 Å². The molecule has 8 nitrogen and oxygen atoms in total. The van der Waals surface area contributed by atoms with Crippen molar-refractivity contribution >= 4 is 11.8 Å². The Hall–Kier alpha value is -2.51. The Bertz CT molecular complexity index is 523. The zero-order valence-electron chi connectivity index (χ0n) is 10.0. The molecule has 2 aromatic heterocycles. The van der Waals surface area contributed by atoms with E-state index in [1.54, 1.807) is 6.07 Å². The van der Waals surface area contributed by atoms with Crippen LogP contribution in [0.4, 0.5) is 10.6 Å². The summed E-state index contributed by atoms with van der Waals surface area (Å²) in [5.74, 6) is 0.927. The molecular weight excluding hydrogens is 234 g/mol. The number of amides is 2. The van der Waals surface area contributed by atoms with Crippen molar-refractivity contribution in [1.29, 1.82) is 0 Å². The second-order valence-electron chi connectivity index (χ2n) is 3.85. The van der Waals surface area contributed by atoms with Gasteiger partial charge in [0.2, 0.25) is 0 Å². The number of carbonyl (C=O) groups is 1. The van der Waals surface area contributed by atoms with E-state index in [2.05, 4.69) is 30.7 Å². The first kappa shape index (κ1) is 12.0. The lowest BCUT2D eigenvalue weighted by Gasteiger charge is -2.09. The number of nitrogens with one attached hydrogen (secondary N) is 2. The van der Waals surface area contributed by atoms with Crippen LogP contribution in [0, 0.1) is 0 Å². The molecule has 0 fully saturated rings. The maximum absolute atomic E-state index is 11.5. The zero-order valence-corrected chi connectivity index (χ0v) is 10.0. The van der Waals surface area contributed by atoms with Gasteiger partial charge in [-0.3, -0.25) is 5.32 Å². The molecule has 0 radical (unpaired) electrons. The summed E-state index contributed by atoms with van der Waals surface area (Å²) < 4.78 is 1.48. The standard InChI is InChI=1S/C10H13N7O/c1-7(2)15-10(18)16-8-3-9(13-5-12-8)17-6-11-4-14-17/h3-7H,1-2H3,(H2,12,13,15,16,18). The number of hydrogen-bond donors (Lipinski definition) is 2. The molecule has 94 valence electrons. The van der Waals surface area contributed by atoms with Crippen LogP contribution in [-0.2, 0) is 0 Å². The minimum Gasteiger partial charge on any atom is -0.336 e. The molecule has 0 spiro atoms. The van der Waals surface area contributed by atoms with Gasteiger partial charge in [-0.2, -0.15) is 5.10 Å². The van der Waals surface area contributed by atoms with Gasteiger partial charge >= 0.3 is 6.03 Å². The average Bonchev–Trinajstić information content (AvgIpc) is 2.81. The topological polar surface area (TPSA) is 97.6 Å². The average molecular weight is 247 g/mol. The molecule has 0 aliphatic rings. The highest BCUT2D eigenvalue weighted by Gasteiger charge is 2.06. The maximum atomic E-state index is 11.5. The minimum absolute atomic E-state index is 0.0571. The Morgan fingerprint density at radius 2 is 2.17 bits per heavy atom. The molecule has 2 aromatic rings. The molecule has 0 aromatic carbocycles. The van der Waals surface area contributed by atoms with E-state index < -0.39 is 0 Å². The molecule has 0 aliphatic carbocycles. The van der Waals surface area contributed by atoms with Gasteiger partial charge in [0.15, 0.2) is 5.82 Å². The third-order valence-electron chi connectivity index (χ3n) is 1.97. The summed E-state index contributed by atoms with van der Waals surface area (Å²) in [6, 6.07) is 1.35. The normalized spacial score (nSPS) is 10.4. The summed E-state index contributed by atoms with van der Waals surface area (Å²) in [4.78, 5) is 23.3. The molecule has 2 heterocycles. The van der Waals surface area contributed by atoms with Gasteiger partial charge in [-0.1, -0.05) is 0 Å². The lowest BCUT2D eigenvalue weighted by Crippen LogP contribution is -2.34. The van der Waals surface area contributed by atoms with E-state index in [9.17, 15) is 4.79 Å². The predicted molar refractivity (Wildman–Crippen MR) is 64.2 cm³/mol. The number of hydrogen-bond acceptors (Lipinski definition) is 5. The maximum Gasteiger partial charge on any atom is 0.320 e. The first-order chi connectivity index (χ1) is 8.65. The number of rotatable bonds is 3. The second kappa shape index (κ2) is 5.21. The van der Waals surface area contributed by atoms with Gasteiger partial charge in [-0.25, -0.2) is 24.4 Å². The number of aromatic nitrogens is 5. The predicted octanol–water partition coefficient (Wildman–Crippen LogP) is 0.587. The molecule has 0 aliphatic heterocycles. The molecule has 8 heteroatoms. The number of anilines is 1. The van der Waals surface area contributed by atoms with Crippen molar-refractivity contribution in [3.63, 3.8) is 0 Å². The van der Waals surface area contributed by atoms with Crippen molar-refractivity contribution in [3.8, 4) is 5.82 Å². The Balaban J connectivity index is 2.11. The molecule has 0 saturated heterocycles. The second-order valence-corrected chi connectivity index (χ2v) is 3.85. The fourth-order valence-corrected chi connectivity index (χ4v) is 1.28. The lowest BCUT2D eigenvalue weighted by molar-refractivity contribution is 0.250. The third kappa shape index (κ3) is 3.00. The smallest absolute Gasteiger partial charge is 0.320 e. The van der Waals surface area contributed by atoms with Gasteiger partial charge in [-0.05, 0) is 13.8 Å². The van der Waals surface area contributed by atoms with Crippen LogP contribution < -0.4 is 10.6 Å². The largest absolute Gasteiger partial charge is 0.336 e. The quantitative estimate of drug-likeness (QED) is 0.827. The van der Waals surface area contributed by atoms with E-state index in [0.717, 1.165) is 0 Å². The molecule has 0 unspecified atom stereocenters. The van der Waals surface area contributed by atoms with E-state index in [4.69, 9.17) is 0 Å². The van der Waals surface area contributed by atoms with Crippen LogP contribution in [0.2, 0.25) is 0 Å². The highest BCUT2D eigenvalue weighted by atomic mass is 16.2. The fourth-order valence-electron chi connectivity index (χ4n) is 1.28. The van der Waals surface area contributed by atoms with Gasteiger partial charge in [0.05, 0.1) is 0 Å². The summed E-state index contributed by atoms with van der Waals surface area (Å²) in [7, 11) is 0. The van der Waals surface area contributed by atoms with E-state index in [-0.39, 0.29) is 12.1 Å². The summed E-state index contributed by atoms with van der Waals surface area (Å²) in [6.07, 6.45) is 4.27. The molecule has 0 saturated carbocycles. The molecule has 2 rings (SSSR count). The molecular formula is C10H13N7O. The van der Waals surface area contributed by atoms with Crippen molar-refractivity contribution in [2.24, 2.45) is 0 Å². The van der Waals surface area contributed by atoms with Crippen LogP contribution in [0.1, 0.15) is 13.8 Å². The highest BCUT2D eigenvalue weighted by Crippen LogP contribution is 2.06. The van der Waals surface area contributed by atoms with E-state index in [1.807, 2.05) is 13.8 Å². The van der Waals surface area contributed by atoms with Gasteiger partial charge in [0, 0.05) is 12.1 Å². The van der Waals surface area contributed by atoms with Crippen molar-refractivity contribution in [1.82, 2.24) is 30.0 Å². The van der Waals surface area contributed by atoms with E-state index in [1.165, 1.54) is 23.7 Å². The van der Waals surface area contributed by atoms with Gasteiger partial charge in [0.25, 0.3) is 0 Å². The number of carbonyl (C=O) groups excluding carboxylic acids is 1. The van der Waals surface area contributed by atoms with Crippen LogP contribution in [0.25, 0.3) is 5.82 Å². The first-order valence-electron chi connectivity index (χ1n) is 5.39. The third-order valence-corrected chi connectivity index (χ3v) is 1.97. The SMILES string of the molecule is CC(C)NC(=O)Nc1cc(-n2cncn2)ncn1. The van der Waals surface area contributed by atoms with Crippen molar-refractivity contribution in [2.75, 3.05) is 5.32 Å². The Kier molecular flexibility index (Phi) is 3.46. The molecule has 18 heavy (non-hydrogen) atoms. The molecule has 2 N–H and O–H groups in total. The van der Waals surface area contributed by atoms with Gasteiger partial charge in [0.1, 0.15) is 24.8 Å². The summed E-state index contributed by atoms with van der Waals surface area (Å²) in [5, 5.41) is 9.26. The van der Waals surface area contributed by atoms with E-state index >= 15 is 0 Å². The highest BCUT2D eigenvalue weighted by molar-refractivity contribution is 5.88. The number of urea groups is 1. The first-order valence-corrected chi connectivity index (χ1v) is 5.39. The lowest BCUT2D eigenvalue weighted by atomic mass is 10.4. The molecule has 2 amide bonds. The summed E-state index contributed by atoms with van der Waals surface area (Å²) >= 11 is 0. The van der Waals surface area contributed by atoms with E-state index in [0.29, 0.717) is 11.6 Å². The molecule has 0 bridgehead atoms. The monoisotopic (exact) mass is 247 g/mol. The Labute approximate surface area is 103 Å². The summed E-state index contributed by atoms with van der Waals surface area (Å²) in [6.45, 7) is 3.75. The van der Waals surface area contributed by atoms with Gasteiger partial charge < -0.3 is 5.32 Å². The van der Waals surface area contributed by atoms with Crippen molar-refractivity contribution in [3.05, 3.63) is 25.0 Å². The van der Waals surface area contributed by atoms with Crippen LogP contribution in [0.15, 0.2) is 25.0 Å². The van der Waals surface area contributed by atoms with Crippen LogP contribution in [0.3, 0.4) is 0 Å². The molecule has 0 atom stereocenters. The van der Waals surface area contributed by atoms with Crippen molar-refractivity contribution < 1.29 is 4.79 Å². The Morgan fingerprint density at radius 1 is 1.33 bits per heavy atom. The fraction of sp³-hybridized carbons (Fsp3) is 0.300. The van der Waals surface area contributed by atoms with Crippen LogP contribution in [0.5, 0.6) is 0 Å². The number of nitrogens with zero attached hydrogens (tertiary/aromatic N) is 5. The Morgan fingerprint density at radius 3 is 2.83 bits per heavy atom. The van der Waals surface area contributed by atoms with Gasteiger partial charge in [-0.15, -0.1) is 0 Å². The van der Waals surface area contributed by atoms with Crippen LogP contribution >= 0.6 is 0 Å². The zero-order chi connectivity index (χ0) is 13.0. The summed E-state index contributed by atoms with van der Waals surface area (Å²) in [5.41, 5.74) is 0. The minimum atomic E-state index is -0.312.